The highest BCUT2D eigenvalue weighted by Crippen LogP contribution is 2.38. The van der Waals surface area contributed by atoms with Crippen LogP contribution in [0.1, 0.15) is 34.5 Å². The Labute approximate surface area is 129 Å². The number of rotatable bonds is 1. The van der Waals surface area contributed by atoms with Gasteiger partial charge in [-0.25, -0.2) is 0 Å². The van der Waals surface area contributed by atoms with Crippen LogP contribution in [0.25, 0.3) is 0 Å². The summed E-state index contributed by atoms with van der Waals surface area (Å²) in [6, 6.07) is 14.0. The molecule has 2 N–H and O–H groups in total. The second kappa shape index (κ2) is 5.55. The monoisotopic (exact) mass is 297 g/mol. The summed E-state index contributed by atoms with van der Waals surface area (Å²) >= 11 is 0. The van der Waals surface area contributed by atoms with E-state index in [4.69, 9.17) is 0 Å². The summed E-state index contributed by atoms with van der Waals surface area (Å²) in [6.07, 6.45) is -1.99. The molecule has 1 aliphatic rings. The Morgan fingerprint density at radius 3 is 2.45 bits per heavy atom. The first-order chi connectivity index (χ1) is 10.5. The number of benzene rings is 2. The van der Waals surface area contributed by atoms with Crippen molar-refractivity contribution >= 4 is 11.6 Å². The fourth-order valence-electron chi connectivity index (χ4n) is 2.96. The first kappa shape index (κ1) is 14.8. The number of hydrogen-bond donors (Lipinski definition) is 2. The number of hydrogen-bond acceptors (Lipinski definition) is 3. The van der Waals surface area contributed by atoms with Crippen LogP contribution < -0.4 is 4.90 Å². The number of fused-ring (bicyclic) bond motifs is 1. The summed E-state index contributed by atoms with van der Waals surface area (Å²) in [6.45, 7) is 3.66. The van der Waals surface area contributed by atoms with E-state index in [1.807, 2.05) is 43.3 Å². The second-order valence-electron chi connectivity index (χ2n) is 5.78. The lowest BCUT2D eigenvalue weighted by molar-refractivity contribution is -0.00107. The number of carbonyl (C=O) groups is 1. The van der Waals surface area contributed by atoms with Crippen molar-refractivity contribution in [1.82, 2.24) is 0 Å². The van der Waals surface area contributed by atoms with Gasteiger partial charge in [-0.15, -0.1) is 0 Å². The van der Waals surface area contributed by atoms with Gasteiger partial charge >= 0.3 is 0 Å². The van der Waals surface area contributed by atoms with E-state index in [0.29, 0.717) is 16.8 Å². The molecule has 0 saturated heterocycles. The van der Waals surface area contributed by atoms with Gasteiger partial charge in [-0.05, 0) is 32.0 Å². The third kappa shape index (κ3) is 2.30. The molecule has 3 rings (SSSR count). The smallest absolute Gasteiger partial charge is 0.258 e. The van der Waals surface area contributed by atoms with Gasteiger partial charge in [0.2, 0.25) is 0 Å². The second-order valence-corrected chi connectivity index (χ2v) is 5.78. The third-order valence-corrected chi connectivity index (χ3v) is 4.23. The fourth-order valence-corrected chi connectivity index (χ4v) is 2.96. The number of nitrogens with zero attached hydrogens (tertiary/aromatic N) is 1. The Kier molecular flexibility index (Phi) is 3.72. The van der Waals surface area contributed by atoms with E-state index in [-0.39, 0.29) is 5.91 Å². The summed E-state index contributed by atoms with van der Waals surface area (Å²) in [5, 5.41) is 20.6. The summed E-state index contributed by atoms with van der Waals surface area (Å²) in [5.41, 5.74) is 2.79. The molecule has 0 unspecified atom stereocenters. The third-order valence-electron chi connectivity index (χ3n) is 4.23. The van der Waals surface area contributed by atoms with Gasteiger partial charge in [-0.2, -0.15) is 0 Å². The molecule has 0 saturated carbocycles. The van der Waals surface area contributed by atoms with Crippen molar-refractivity contribution in [3.8, 4) is 0 Å². The fraction of sp³-hybridized carbons (Fsp3) is 0.278. The van der Waals surface area contributed by atoms with Gasteiger partial charge in [0.1, 0.15) is 12.2 Å². The minimum Gasteiger partial charge on any atom is -0.388 e. The quantitative estimate of drug-likeness (QED) is 0.850. The molecule has 1 amide bonds. The van der Waals surface area contributed by atoms with E-state index in [1.165, 1.54) is 0 Å². The molecular formula is C18H19NO3. The van der Waals surface area contributed by atoms with Crippen LogP contribution in [-0.4, -0.2) is 28.3 Å². The predicted molar refractivity (Wildman–Crippen MR) is 84.9 cm³/mol. The van der Waals surface area contributed by atoms with Crippen molar-refractivity contribution in [3.63, 3.8) is 0 Å². The molecule has 2 aromatic rings. The van der Waals surface area contributed by atoms with Gasteiger partial charge in [-0.3, -0.25) is 4.79 Å². The van der Waals surface area contributed by atoms with Crippen molar-refractivity contribution < 1.29 is 15.0 Å². The number of aryl methyl sites for hydroxylation is 1. The number of carbonyl (C=O) groups excluding carboxylic acids is 1. The molecule has 4 heteroatoms. The zero-order valence-electron chi connectivity index (χ0n) is 12.6. The van der Waals surface area contributed by atoms with Crippen molar-refractivity contribution in [2.75, 3.05) is 4.90 Å². The normalized spacial score (nSPS) is 24.0. The summed E-state index contributed by atoms with van der Waals surface area (Å²) < 4.78 is 0. The highest BCUT2D eigenvalue weighted by Gasteiger charge is 2.39. The van der Waals surface area contributed by atoms with Gasteiger partial charge in [0.15, 0.2) is 0 Å². The van der Waals surface area contributed by atoms with Crippen LogP contribution in [-0.2, 0) is 0 Å². The molecule has 2 aromatic carbocycles. The SMILES string of the molecule is Cc1ccc2c(c1)[C@@H](O)[C@@H](O)[C@@H](C)N2C(=O)c1ccccc1. The van der Waals surface area contributed by atoms with Crippen LogP contribution in [0.2, 0.25) is 0 Å². The molecule has 0 bridgehead atoms. The molecule has 114 valence electrons. The van der Waals surface area contributed by atoms with E-state index in [0.717, 1.165) is 5.56 Å². The minimum absolute atomic E-state index is 0.177. The van der Waals surface area contributed by atoms with Crippen molar-refractivity contribution in [3.05, 3.63) is 65.2 Å². The Balaban J connectivity index is 2.11. The molecule has 3 atom stereocenters. The first-order valence-electron chi connectivity index (χ1n) is 7.36. The Morgan fingerprint density at radius 1 is 1.09 bits per heavy atom. The summed E-state index contributed by atoms with van der Waals surface area (Å²) in [7, 11) is 0. The minimum atomic E-state index is -1.01. The lowest BCUT2D eigenvalue weighted by Crippen LogP contribution is -2.51. The van der Waals surface area contributed by atoms with Gasteiger partial charge in [0, 0.05) is 11.1 Å². The molecule has 0 fully saturated rings. The summed E-state index contributed by atoms with van der Waals surface area (Å²) in [4.78, 5) is 14.4. The Morgan fingerprint density at radius 2 is 1.77 bits per heavy atom. The largest absolute Gasteiger partial charge is 0.388 e. The zero-order valence-corrected chi connectivity index (χ0v) is 12.6. The highest BCUT2D eigenvalue weighted by molar-refractivity contribution is 6.07. The lowest BCUT2D eigenvalue weighted by Gasteiger charge is -2.41. The van der Waals surface area contributed by atoms with Crippen LogP contribution in [0.5, 0.6) is 0 Å². The van der Waals surface area contributed by atoms with Crippen LogP contribution >= 0.6 is 0 Å². The number of aliphatic hydroxyl groups excluding tert-OH is 2. The molecule has 1 heterocycles. The molecule has 0 spiro atoms. The van der Waals surface area contributed by atoms with Crippen LogP contribution in [0.4, 0.5) is 5.69 Å². The van der Waals surface area contributed by atoms with Crippen molar-refractivity contribution in [2.45, 2.75) is 32.1 Å². The number of aliphatic hydroxyl groups is 2. The van der Waals surface area contributed by atoms with Crippen LogP contribution in [0, 0.1) is 6.92 Å². The number of anilines is 1. The van der Waals surface area contributed by atoms with Crippen LogP contribution in [0.3, 0.4) is 0 Å². The van der Waals surface area contributed by atoms with E-state index in [1.54, 1.807) is 24.0 Å². The van der Waals surface area contributed by atoms with E-state index in [2.05, 4.69) is 0 Å². The standard InChI is InChI=1S/C18H19NO3/c1-11-8-9-15-14(10-11)17(21)16(20)12(2)19(15)18(22)13-6-4-3-5-7-13/h3-10,12,16-17,20-21H,1-2H3/t12-,16+,17-/m1/s1. The topological polar surface area (TPSA) is 60.8 Å². The Hall–Kier alpha value is -2.17. The molecule has 4 nitrogen and oxygen atoms in total. The van der Waals surface area contributed by atoms with Crippen LogP contribution in [0.15, 0.2) is 48.5 Å². The maximum Gasteiger partial charge on any atom is 0.258 e. The van der Waals surface area contributed by atoms with Crippen molar-refractivity contribution in [2.24, 2.45) is 0 Å². The van der Waals surface area contributed by atoms with Gasteiger partial charge in [-0.1, -0.05) is 35.9 Å². The van der Waals surface area contributed by atoms with E-state index in [9.17, 15) is 15.0 Å². The average molecular weight is 297 g/mol. The van der Waals surface area contributed by atoms with E-state index >= 15 is 0 Å². The van der Waals surface area contributed by atoms with E-state index < -0.39 is 18.2 Å². The molecule has 1 aliphatic heterocycles. The van der Waals surface area contributed by atoms with Gasteiger partial charge in [0.05, 0.1) is 11.7 Å². The zero-order chi connectivity index (χ0) is 15.9. The predicted octanol–water partition coefficient (Wildman–Crippen LogP) is 2.44. The maximum absolute atomic E-state index is 12.8. The average Bonchev–Trinajstić information content (AvgIpc) is 2.54. The molecular weight excluding hydrogens is 278 g/mol. The first-order valence-corrected chi connectivity index (χ1v) is 7.36. The van der Waals surface area contributed by atoms with Crippen molar-refractivity contribution in [1.29, 1.82) is 0 Å². The number of amides is 1. The van der Waals surface area contributed by atoms with Gasteiger partial charge in [0.25, 0.3) is 5.91 Å². The molecule has 22 heavy (non-hydrogen) atoms. The van der Waals surface area contributed by atoms with Gasteiger partial charge < -0.3 is 15.1 Å². The summed E-state index contributed by atoms with van der Waals surface area (Å²) in [5.74, 6) is -0.177. The molecule has 0 radical (unpaired) electrons. The highest BCUT2D eigenvalue weighted by atomic mass is 16.3. The Bertz CT molecular complexity index is 699. The molecule has 0 aliphatic carbocycles. The maximum atomic E-state index is 12.8. The lowest BCUT2D eigenvalue weighted by atomic mass is 9.89. The molecule has 0 aromatic heterocycles.